The van der Waals surface area contributed by atoms with Crippen molar-refractivity contribution in [1.82, 2.24) is 15.2 Å². The lowest BCUT2D eigenvalue weighted by Crippen LogP contribution is -2.44. The molecular formula is C25H25F2N3O. The van der Waals surface area contributed by atoms with Gasteiger partial charge in [-0.1, -0.05) is 24.3 Å². The molecule has 1 aliphatic heterocycles. The minimum absolute atomic E-state index is 0.0985. The van der Waals surface area contributed by atoms with Crippen LogP contribution in [0.3, 0.4) is 0 Å². The van der Waals surface area contributed by atoms with E-state index in [1.165, 1.54) is 18.3 Å². The summed E-state index contributed by atoms with van der Waals surface area (Å²) in [5, 5.41) is 3.08. The predicted octanol–water partition coefficient (Wildman–Crippen LogP) is 4.73. The van der Waals surface area contributed by atoms with Gasteiger partial charge in [-0.25, -0.2) is 8.78 Å². The first-order valence-corrected chi connectivity index (χ1v) is 10.5. The van der Waals surface area contributed by atoms with Crippen molar-refractivity contribution in [2.24, 2.45) is 0 Å². The molecule has 0 saturated carbocycles. The molecule has 0 bridgehead atoms. The third kappa shape index (κ3) is 5.33. The monoisotopic (exact) mass is 421 g/mol. The molecule has 2 heterocycles. The van der Waals surface area contributed by atoms with Crippen molar-refractivity contribution in [2.75, 3.05) is 13.1 Å². The van der Waals surface area contributed by atoms with E-state index in [4.69, 9.17) is 0 Å². The molecule has 3 aromatic rings. The molecule has 6 heteroatoms. The number of rotatable bonds is 5. The third-order valence-corrected chi connectivity index (χ3v) is 5.71. The summed E-state index contributed by atoms with van der Waals surface area (Å²) in [4.78, 5) is 19.2. The Balaban J connectivity index is 1.29. The van der Waals surface area contributed by atoms with Crippen molar-refractivity contribution in [3.63, 3.8) is 0 Å². The summed E-state index contributed by atoms with van der Waals surface area (Å²) < 4.78 is 27.1. The maximum absolute atomic E-state index is 13.8. The largest absolute Gasteiger partial charge is 0.349 e. The molecule has 0 aliphatic carbocycles. The Hall–Kier alpha value is -3.12. The van der Waals surface area contributed by atoms with E-state index in [9.17, 15) is 13.6 Å². The zero-order valence-electron chi connectivity index (χ0n) is 17.4. The van der Waals surface area contributed by atoms with Gasteiger partial charge in [-0.05, 0) is 61.2 Å². The van der Waals surface area contributed by atoms with E-state index in [2.05, 4.69) is 15.2 Å². The second-order valence-electron chi connectivity index (χ2n) is 8.05. The lowest BCUT2D eigenvalue weighted by atomic mass is 10.0. The zero-order chi connectivity index (χ0) is 21.8. The Morgan fingerprint density at radius 2 is 1.90 bits per heavy atom. The number of amides is 1. The van der Waals surface area contributed by atoms with E-state index in [0.717, 1.165) is 31.5 Å². The fourth-order valence-corrected chi connectivity index (χ4v) is 3.84. The minimum Gasteiger partial charge on any atom is -0.349 e. The Labute approximate surface area is 180 Å². The molecule has 0 radical (unpaired) electrons. The van der Waals surface area contributed by atoms with Gasteiger partial charge in [0.2, 0.25) is 0 Å². The summed E-state index contributed by atoms with van der Waals surface area (Å²) in [6.07, 6.45) is 3.21. The van der Waals surface area contributed by atoms with E-state index in [-0.39, 0.29) is 23.6 Å². The number of piperidine rings is 1. The van der Waals surface area contributed by atoms with Gasteiger partial charge in [0.1, 0.15) is 11.6 Å². The van der Waals surface area contributed by atoms with Gasteiger partial charge in [0.15, 0.2) is 0 Å². The van der Waals surface area contributed by atoms with Gasteiger partial charge in [-0.3, -0.25) is 14.7 Å². The number of benzene rings is 2. The van der Waals surface area contributed by atoms with Crippen LogP contribution in [-0.2, 0) is 6.54 Å². The highest BCUT2D eigenvalue weighted by Gasteiger charge is 2.21. The summed E-state index contributed by atoms with van der Waals surface area (Å²) in [6.45, 7) is 4.16. The minimum atomic E-state index is -0.319. The fraction of sp³-hybridized carbons (Fsp3) is 0.280. The Morgan fingerprint density at radius 1 is 1.10 bits per heavy atom. The van der Waals surface area contributed by atoms with Gasteiger partial charge >= 0.3 is 0 Å². The molecule has 4 nitrogen and oxygen atoms in total. The molecule has 2 aromatic carbocycles. The number of hydrogen-bond donors (Lipinski definition) is 1. The van der Waals surface area contributed by atoms with Gasteiger partial charge in [0.05, 0.1) is 11.3 Å². The topological polar surface area (TPSA) is 45.2 Å². The number of nitrogens with one attached hydrogen (secondary N) is 1. The average molecular weight is 421 g/mol. The second-order valence-corrected chi connectivity index (χ2v) is 8.05. The molecule has 4 rings (SSSR count). The molecule has 0 atom stereocenters. The molecule has 1 saturated heterocycles. The first-order valence-electron chi connectivity index (χ1n) is 10.5. The van der Waals surface area contributed by atoms with Crippen molar-refractivity contribution in [3.8, 4) is 11.3 Å². The van der Waals surface area contributed by atoms with Crippen molar-refractivity contribution >= 4 is 5.91 Å². The molecule has 1 aromatic heterocycles. The lowest BCUT2D eigenvalue weighted by molar-refractivity contribution is 0.0908. The van der Waals surface area contributed by atoms with E-state index >= 15 is 0 Å². The number of hydrogen-bond acceptors (Lipinski definition) is 3. The summed E-state index contributed by atoms with van der Waals surface area (Å²) >= 11 is 0. The van der Waals surface area contributed by atoms with Gasteiger partial charge in [0, 0.05) is 37.4 Å². The number of carbonyl (C=O) groups excluding carboxylic acids is 1. The van der Waals surface area contributed by atoms with Crippen LogP contribution in [0.2, 0.25) is 0 Å². The van der Waals surface area contributed by atoms with Gasteiger partial charge in [0.25, 0.3) is 5.91 Å². The molecule has 1 fully saturated rings. The highest BCUT2D eigenvalue weighted by Crippen LogP contribution is 2.19. The number of carbonyl (C=O) groups is 1. The number of nitrogens with zero attached hydrogens (tertiary/aromatic N) is 2. The SMILES string of the molecule is Cc1ccc(CN2CCC(NC(=O)c3ccc(-c4cccc(F)c4)nc3)CC2)cc1F. The van der Waals surface area contributed by atoms with Crippen LogP contribution in [0.1, 0.15) is 34.3 Å². The molecule has 1 amide bonds. The van der Waals surface area contributed by atoms with E-state index in [1.54, 1.807) is 37.3 Å². The van der Waals surface area contributed by atoms with Crippen LogP contribution >= 0.6 is 0 Å². The smallest absolute Gasteiger partial charge is 0.253 e. The first kappa shape index (κ1) is 21.1. The fourth-order valence-electron chi connectivity index (χ4n) is 3.84. The van der Waals surface area contributed by atoms with Crippen LogP contribution < -0.4 is 5.32 Å². The van der Waals surface area contributed by atoms with Crippen LogP contribution in [0.15, 0.2) is 60.8 Å². The van der Waals surface area contributed by atoms with Crippen molar-refractivity contribution < 1.29 is 13.6 Å². The summed E-state index contributed by atoms with van der Waals surface area (Å²) in [5.41, 5.74) is 3.40. The Morgan fingerprint density at radius 3 is 2.58 bits per heavy atom. The van der Waals surface area contributed by atoms with Crippen molar-refractivity contribution in [1.29, 1.82) is 0 Å². The van der Waals surface area contributed by atoms with Gasteiger partial charge in [-0.15, -0.1) is 0 Å². The van der Waals surface area contributed by atoms with Crippen molar-refractivity contribution in [3.05, 3.63) is 89.1 Å². The van der Waals surface area contributed by atoms with Gasteiger partial charge < -0.3 is 5.32 Å². The maximum atomic E-state index is 13.8. The summed E-state index contributed by atoms with van der Waals surface area (Å²) in [6, 6.07) is 15.1. The molecule has 1 N–H and O–H groups in total. The maximum Gasteiger partial charge on any atom is 0.253 e. The van der Waals surface area contributed by atoms with Gasteiger partial charge in [-0.2, -0.15) is 0 Å². The standard InChI is InChI=1S/C25H25F2N3O/c1-17-5-6-18(13-23(17)27)16-30-11-9-22(10-12-30)29-25(31)20-7-8-24(28-15-20)19-3-2-4-21(26)14-19/h2-8,13-15,22H,9-12,16H2,1H3,(H,29,31). The summed E-state index contributed by atoms with van der Waals surface area (Å²) in [7, 11) is 0. The van der Waals surface area contributed by atoms with Crippen LogP contribution in [0, 0.1) is 18.6 Å². The molecular weight excluding hydrogens is 396 g/mol. The normalized spacial score (nSPS) is 15.1. The van der Waals surface area contributed by atoms with E-state index in [0.29, 0.717) is 28.9 Å². The second kappa shape index (κ2) is 9.35. The quantitative estimate of drug-likeness (QED) is 0.648. The summed E-state index contributed by atoms with van der Waals surface area (Å²) in [5.74, 6) is -0.644. The third-order valence-electron chi connectivity index (χ3n) is 5.71. The van der Waals surface area contributed by atoms with E-state index < -0.39 is 0 Å². The molecule has 0 spiro atoms. The van der Waals surface area contributed by atoms with E-state index in [1.807, 2.05) is 12.1 Å². The van der Waals surface area contributed by atoms with Crippen molar-refractivity contribution in [2.45, 2.75) is 32.4 Å². The zero-order valence-corrected chi connectivity index (χ0v) is 17.4. The highest BCUT2D eigenvalue weighted by atomic mass is 19.1. The number of pyridine rings is 1. The Kier molecular flexibility index (Phi) is 6.37. The van der Waals surface area contributed by atoms with Crippen LogP contribution in [0.4, 0.5) is 8.78 Å². The number of aryl methyl sites for hydroxylation is 1. The first-order chi connectivity index (χ1) is 15.0. The molecule has 0 unspecified atom stereocenters. The highest BCUT2D eigenvalue weighted by molar-refractivity contribution is 5.94. The molecule has 31 heavy (non-hydrogen) atoms. The average Bonchev–Trinajstić information content (AvgIpc) is 2.78. The Bertz CT molecular complexity index is 1060. The lowest BCUT2D eigenvalue weighted by Gasteiger charge is -2.32. The number of aromatic nitrogens is 1. The number of likely N-dealkylation sites (tertiary alicyclic amines) is 1. The molecule has 1 aliphatic rings. The predicted molar refractivity (Wildman–Crippen MR) is 117 cm³/mol. The molecule has 160 valence electrons. The van der Waals surface area contributed by atoms with Crippen LogP contribution in [-0.4, -0.2) is 34.9 Å². The number of halogens is 2. The van der Waals surface area contributed by atoms with Crippen LogP contribution in [0.25, 0.3) is 11.3 Å². The van der Waals surface area contributed by atoms with Crippen LogP contribution in [0.5, 0.6) is 0 Å².